The molecule has 2 aromatic rings. The van der Waals surface area contributed by atoms with E-state index < -0.39 is 0 Å². The lowest BCUT2D eigenvalue weighted by molar-refractivity contribution is -0.128. The van der Waals surface area contributed by atoms with Gasteiger partial charge in [0.1, 0.15) is 0 Å². The highest BCUT2D eigenvalue weighted by Crippen LogP contribution is 2.19. The second-order valence-corrected chi connectivity index (χ2v) is 6.87. The lowest BCUT2D eigenvalue weighted by atomic mass is 10.1. The SMILES string of the molecule is COCCN1C[C@H](NC(=O)Cc2c(C)nn(-c3ccccc3)c2C)CC1=O. The van der Waals surface area contributed by atoms with Crippen molar-refractivity contribution in [2.24, 2.45) is 0 Å². The first-order valence-corrected chi connectivity index (χ1v) is 9.16. The molecule has 1 aromatic heterocycles. The standard InChI is InChI=1S/C20H26N4O3/c1-14-18(15(2)24(22-14)17-7-5-4-6-8-17)12-19(25)21-16-11-20(26)23(13-16)9-10-27-3/h4-8,16H,9-13H2,1-3H3,(H,21,25)/t16-/m1/s1. The van der Waals surface area contributed by atoms with Crippen LogP contribution in [0, 0.1) is 13.8 Å². The first-order chi connectivity index (χ1) is 13.0. The summed E-state index contributed by atoms with van der Waals surface area (Å²) in [6, 6.07) is 9.72. The third-order valence-corrected chi connectivity index (χ3v) is 4.92. The van der Waals surface area contributed by atoms with Gasteiger partial charge in [0.25, 0.3) is 0 Å². The highest BCUT2D eigenvalue weighted by molar-refractivity contribution is 5.83. The van der Waals surface area contributed by atoms with Gasteiger partial charge in [0, 0.05) is 37.9 Å². The maximum absolute atomic E-state index is 12.5. The Morgan fingerprint density at radius 3 is 2.74 bits per heavy atom. The van der Waals surface area contributed by atoms with Crippen LogP contribution in [0.1, 0.15) is 23.4 Å². The van der Waals surface area contributed by atoms with Gasteiger partial charge in [-0.2, -0.15) is 5.10 Å². The molecule has 7 nitrogen and oxygen atoms in total. The Balaban J connectivity index is 1.64. The third kappa shape index (κ3) is 4.36. The van der Waals surface area contributed by atoms with Crippen molar-refractivity contribution >= 4 is 11.8 Å². The molecule has 144 valence electrons. The molecule has 0 radical (unpaired) electrons. The monoisotopic (exact) mass is 370 g/mol. The number of carbonyl (C=O) groups excluding carboxylic acids is 2. The lowest BCUT2D eigenvalue weighted by Crippen LogP contribution is -2.38. The van der Waals surface area contributed by atoms with Crippen LogP contribution < -0.4 is 5.32 Å². The van der Waals surface area contributed by atoms with E-state index in [1.165, 1.54) is 0 Å². The summed E-state index contributed by atoms with van der Waals surface area (Å²) >= 11 is 0. The van der Waals surface area contributed by atoms with E-state index in [9.17, 15) is 9.59 Å². The molecule has 1 saturated heterocycles. The zero-order valence-corrected chi connectivity index (χ0v) is 16.1. The molecule has 2 heterocycles. The van der Waals surface area contributed by atoms with E-state index in [2.05, 4.69) is 10.4 Å². The number of likely N-dealkylation sites (tertiary alicyclic amines) is 1. The Morgan fingerprint density at radius 2 is 2.04 bits per heavy atom. The van der Waals surface area contributed by atoms with Crippen molar-refractivity contribution in [2.75, 3.05) is 26.8 Å². The maximum Gasteiger partial charge on any atom is 0.224 e. The molecule has 1 N–H and O–H groups in total. The van der Waals surface area contributed by atoms with Crippen molar-refractivity contribution < 1.29 is 14.3 Å². The van der Waals surface area contributed by atoms with Crippen molar-refractivity contribution in [3.8, 4) is 5.69 Å². The molecule has 0 bridgehead atoms. The normalized spacial score (nSPS) is 16.8. The quantitative estimate of drug-likeness (QED) is 0.799. The van der Waals surface area contributed by atoms with Crippen LogP contribution in [0.5, 0.6) is 0 Å². The summed E-state index contributed by atoms with van der Waals surface area (Å²) < 4.78 is 6.89. The number of rotatable bonds is 7. The van der Waals surface area contributed by atoms with Crippen molar-refractivity contribution in [1.82, 2.24) is 20.0 Å². The van der Waals surface area contributed by atoms with Gasteiger partial charge in [0.2, 0.25) is 11.8 Å². The summed E-state index contributed by atoms with van der Waals surface area (Å²) in [4.78, 5) is 26.3. The Bertz CT molecular complexity index is 816. The minimum atomic E-state index is -0.147. The van der Waals surface area contributed by atoms with Gasteiger partial charge in [-0.1, -0.05) is 18.2 Å². The predicted octanol–water partition coefficient (Wildman–Crippen LogP) is 1.40. The molecule has 1 aliphatic heterocycles. The van der Waals surface area contributed by atoms with Crippen LogP contribution in [0.4, 0.5) is 0 Å². The minimum Gasteiger partial charge on any atom is -0.383 e. The number of methoxy groups -OCH3 is 1. The van der Waals surface area contributed by atoms with Gasteiger partial charge in [0.15, 0.2) is 0 Å². The number of nitrogens with zero attached hydrogens (tertiary/aromatic N) is 3. The maximum atomic E-state index is 12.5. The molecular weight excluding hydrogens is 344 g/mol. The highest BCUT2D eigenvalue weighted by Gasteiger charge is 2.30. The Hall–Kier alpha value is -2.67. The number of amides is 2. The van der Waals surface area contributed by atoms with E-state index in [1.54, 1.807) is 12.0 Å². The predicted molar refractivity (Wildman–Crippen MR) is 102 cm³/mol. The molecule has 0 spiro atoms. The van der Waals surface area contributed by atoms with Gasteiger partial charge in [-0.05, 0) is 26.0 Å². The van der Waals surface area contributed by atoms with E-state index in [-0.39, 0.29) is 24.3 Å². The second kappa shape index (κ2) is 8.35. The van der Waals surface area contributed by atoms with Gasteiger partial charge in [-0.3, -0.25) is 9.59 Å². The molecule has 0 unspecified atom stereocenters. The molecule has 1 fully saturated rings. The van der Waals surface area contributed by atoms with Gasteiger partial charge in [0.05, 0.1) is 30.5 Å². The van der Waals surface area contributed by atoms with Crippen LogP contribution in [0.15, 0.2) is 30.3 Å². The number of nitrogens with one attached hydrogen (secondary N) is 1. The minimum absolute atomic E-state index is 0.0570. The van der Waals surface area contributed by atoms with Gasteiger partial charge < -0.3 is 15.0 Å². The summed E-state index contributed by atoms with van der Waals surface area (Å²) in [5, 5.41) is 7.57. The zero-order valence-electron chi connectivity index (χ0n) is 16.1. The Morgan fingerprint density at radius 1 is 1.30 bits per heavy atom. The fourth-order valence-corrected chi connectivity index (χ4v) is 3.48. The number of ether oxygens (including phenoxy) is 1. The number of hydrogen-bond acceptors (Lipinski definition) is 4. The molecule has 1 aromatic carbocycles. The number of benzene rings is 1. The van der Waals surface area contributed by atoms with Crippen molar-refractivity contribution in [3.05, 3.63) is 47.3 Å². The van der Waals surface area contributed by atoms with Crippen LogP contribution in [0.2, 0.25) is 0 Å². The fourth-order valence-electron chi connectivity index (χ4n) is 3.48. The molecule has 1 aliphatic rings. The Kier molecular flexibility index (Phi) is 5.91. The number of carbonyl (C=O) groups is 2. The van der Waals surface area contributed by atoms with Crippen LogP contribution in [-0.4, -0.2) is 59.3 Å². The summed E-state index contributed by atoms with van der Waals surface area (Å²) in [5.74, 6) is -0.0261. The molecule has 27 heavy (non-hydrogen) atoms. The molecule has 7 heteroatoms. The summed E-state index contributed by atoms with van der Waals surface area (Å²) in [6.45, 7) is 5.49. The van der Waals surface area contributed by atoms with Crippen molar-refractivity contribution in [2.45, 2.75) is 32.7 Å². The molecule has 2 amide bonds. The molecule has 0 aliphatic carbocycles. The first kappa shape index (κ1) is 19.1. The van der Waals surface area contributed by atoms with E-state index in [4.69, 9.17) is 4.74 Å². The smallest absolute Gasteiger partial charge is 0.224 e. The van der Waals surface area contributed by atoms with Gasteiger partial charge >= 0.3 is 0 Å². The van der Waals surface area contributed by atoms with Crippen molar-refractivity contribution in [1.29, 1.82) is 0 Å². The average molecular weight is 370 g/mol. The molecule has 3 rings (SSSR count). The van der Waals surface area contributed by atoms with E-state index in [0.717, 1.165) is 22.6 Å². The largest absolute Gasteiger partial charge is 0.383 e. The van der Waals surface area contributed by atoms with Gasteiger partial charge in [-0.15, -0.1) is 0 Å². The summed E-state index contributed by atoms with van der Waals surface area (Å²) in [5.41, 5.74) is 3.70. The van der Waals surface area contributed by atoms with Crippen LogP contribution in [0.3, 0.4) is 0 Å². The van der Waals surface area contributed by atoms with E-state index in [0.29, 0.717) is 26.1 Å². The van der Waals surface area contributed by atoms with Gasteiger partial charge in [-0.25, -0.2) is 4.68 Å². The summed E-state index contributed by atoms with van der Waals surface area (Å²) in [6.07, 6.45) is 0.601. The number of aryl methyl sites for hydroxylation is 1. The topological polar surface area (TPSA) is 76.5 Å². The lowest BCUT2D eigenvalue weighted by Gasteiger charge is -2.16. The molecule has 0 saturated carbocycles. The van der Waals surface area contributed by atoms with Crippen LogP contribution in [0.25, 0.3) is 5.69 Å². The highest BCUT2D eigenvalue weighted by atomic mass is 16.5. The fraction of sp³-hybridized carbons (Fsp3) is 0.450. The second-order valence-electron chi connectivity index (χ2n) is 6.87. The van der Waals surface area contributed by atoms with E-state index >= 15 is 0 Å². The van der Waals surface area contributed by atoms with Crippen molar-refractivity contribution in [3.63, 3.8) is 0 Å². The van der Waals surface area contributed by atoms with Crippen LogP contribution in [-0.2, 0) is 20.7 Å². The number of para-hydroxylation sites is 1. The molecule has 1 atom stereocenters. The first-order valence-electron chi connectivity index (χ1n) is 9.16. The third-order valence-electron chi connectivity index (χ3n) is 4.92. The molecular formula is C20H26N4O3. The Labute approximate surface area is 159 Å². The summed E-state index contributed by atoms with van der Waals surface area (Å²) in [7, 11) is 1.61. The number of hydrogen-bond donors (Lipinski definition) is 1. The zero-order chi connectivity index (χ0) is 19.4. The van der Waals surface area contributed by atoms with E-state index in [1.807, 2.05) is 48.9 Å². The number of aromatic nitrogens is 2. The average Bonchev–Trinajstić information content (AvgIpc) is 3.14. The van der Waals surface area contributed by atoms with Crippen LogP contribution >= 0.6 is 0 Å².